The third-order valence-corrected chi connectivity index (χ3v) is 4.81. The molecule has 0 radical (unpaired) electrons. The monoisotopic (exact) mass is 322 g/mol. The smallest absolute Gasteiger partial charge is 0.253 e. The van der Waals surface area contributed by atoms with Crippen LogP contribution in [0.15, 0.2) is 18.2 Å². The topological polar surface area (TPSA) is 32.8 Å². The Morgan fingerprint density at radius 1 is 1.36 bits per heavy atom. The largest absolute Gasteiger partial charge is 0.380 e. The van der Waals surface area contributed by atoms with E-state index in [0.717, 1.165) is 32.0 Å². The third kappa shape index (κ3) is 3.08. The van der Waals surface area contributed by atoms with Crippen LogP contribution in [0.2, 0.25) is 5.02 Å². The molecule has 2 saturated heterocycles. The van der Waals surface area contributed by atoms with Crippen molar-refractivity contribution in [2.24, 2.45) is 5.41 Å². The van der Waals surface area contributed by atoms with Crippen molar-refractivity contribution in [1.29, 1.82) is 0 Å². The predicted octanol–water partition coefficient (Wildman–Crippen LogP) is 3.05. The van der Waals surface area contributed by atoms with E-state index >= 15 is 0 Å². The molecule has 0 atom stereocenters. The Bertz CT molecular complexity index is 566. The minimum Gasteiger partial charge on any atom is -0.380 e. The number of anilines is 1. The Morgan fingerprint density at radius 2 is 2.05 bits per heavy atom. The van der Waals surface area contributed by atoms with Crippen LogP contribution < -0.4 is 4.90 Å². The van der Waals surface area contributed by atoms with Crippen LogP contribution in [0.5, 0.6) is 0 Å². The lowest BCUT2D eigenvalue weighted by Crippen LogP contribution is -2.49. The molecule has 2 heterocycles. The van der Waals surface area contributed by atoms with E-state index in [-0.39, 0.29) is 11.3 Å². The molecule has 0 saturated carbocycles. The number of halogens is 1. The molecule has 0 aromatic heterocycles. The van der Waals surface area contributed by atoms with E-state index in [9.17, 15) is 4.79 Å². The van der Waals surface area contributed by atoms with Gasteiger partial charge < -0.3 is 14.5 Å². The van der Waals surface area contributed by atoms with Gasteiger partial charge in [-0.2, -0.15) is 0 Å². The molecule has 0 unspecified atom stereocenters. The standard InChI is InChI=1S/C17H23ClN2O2/c1-17(11-22-12-17)10-19(2)16(21)13-5-6-15(14(18)9-13)20-7-3-4-8-20/h5-6,9H,3-4,7-8,10-12H2,1-2H3. The van der Waals surface area contributed by atoms with Crippen LogP contribution in [0, 0.1) is 5.41 Å². The summed E-state index contributed by atoms with van der Waals surface area (Å²) in [6, 6.07) is 5.66. The van der Waals surface area contributed by atoms with E-state index in [4.69, 9.17) is 16.3 Å². The zero-order chi connectivity index (χ0) is 15.7. The molecule has 2 fully saturated rings. The average molecular weight is 323 g/mol. The zero-order valence-electron chi connectivity index (χ0n) is 13.3. The number of amides is 1. The summed E-state index contributed by atoms with van der Waals surface area (Å²) in [5.74, 6) is 0.0167. The molecule has 120 valence electrons. The summed E-state index contributed by atoms with van der Waals surface area (Å²) >= 11 is 6.40. The normalized spacial score (nSPS) is 19.9. The second kappa shape index (κ2) is 6.09. The summed E-state index contributed by atoms with van der Waals surface area (Å²) in [6.07, 6.45) is 2.42. The molecule has 0 aliphatic carbocycles. The maximum Gasteiger partial charge on any atom is 0.253 e. The number of nitrogens with zero attached hydrogens (tertiary/aromatic N) is 2. The number of hydrogen-bond donors (Lipinski definition) is 0. The molecule has 3 rings (SSSR count). The number of rotatable bonds is 4. The molecule has 1 aromatic rings. The number of ether oxygens (including phenoxy) is 1. The first kappa shape index (κ1) is 15.6. The van der Waals surface area contributed by atoms with E-state index in [1.165, 1.54) is 12.8 Å². The molecule has 2 aliphatic heterocycles. The van der Waals surface area contributed by atoms with Crippen molar-refractivity contribution in [2.45, 2.75) is 19.8 Å². The molecule has 22 heavy (non-hydrogen) atoms. The van der Waals surface area contributed by atoms with Gasteiger partial charge in [0.1, 0.15) is 0 Å². The first-order valence-electron chi connectivity index (χ1n) is 7.86. The van der Waals surface area contributed by atoms with E-state index in [0.29, 0.717) is 17.1 Å². The van der Waals surface area contributed by atoms with E-state index in [2.05, 4.69) is 11.8 Å². The maximum absolute atomic E-state index is 12.6. The van der Waals surface area contributed by atoms with Gasteiger partial charge in [0, 0.05) is 37.7 Å². The fraction of sp³-hybridized carbons (Fsp3) is 0.588. The van der Waals surface area contributed by atoms with Crippen molar-refractivity contribution >= 4 is 23.2 Å². The van der Waals surface area contributed by atoms with Crippen molar-refractivity contribution in [3.8, 4) is 0 Å². The molecule has 2 aliphatic rings. The Labute approximate surface area is 137 Å². The molecule has 4 nitrogen and oxygen atoms in total. The second-order valence-corrected chi connectivity index (χ2v) is 7.23. The third-order valence-electron chi connectivity index (χ3n) is 4.51. The summed E-state index contributed by atoms with van der Waals surface area (Å²) in [5, 5.41) is 0.666. The van der Waals surface area contributed by atoms with E-state index in [1.54, 1.807) is 11.0 Å². The highest BCUT2D eigenvalue weighted by Gasteiger charge is 2.35. The highest BCUT2D eigenvalue weighted by Crippen LogP contribution is 2.31. The van der Waals surface area contributed by atoms with Crippen LogP contribution in [0.25, 0.3) is 0 Å². The quantitative estimate of drug-likeness (QED) is 0.854. The molecule has 1 amide bonds. The van der Waals surface area contributed by atoms with Gasteiger partial charge in [0.25, 0.3) is 5.91 Å². The van der Waals surface area contributed by atoms with Crippen molar-refractivity contribution in [3.05, 3.63) is 28.8 Å². The summed E-state index contributed by atoms with van der Waals surface area (Å²) in [7, 11) is 1.84. The van der Waals surface area contributed by atoms with Crippen LogP contribution in [0.4, 0.5) is 5.69 Å². The van der Waals surface area contributed by atoms with Gasteiger partial charge in [-0.3, -0.25) is 4.79 Å². The van der Waals surface area contributed by atoms with Crippen molar-refractivity contribution < 1.29 is 9.53 Å². The minimum absolute atomic E-state index is 0.0167. The van der Waals surface area contributed by atoms with Crippen LogP contribution in [-0.2, 0) is 4.74 Å². The summed E-state index contributed by atoms with van der Waals surface area (Å²) in [4.78, 5) is 16.6. The Hall–Kier alpha value is -1.26. The van der Waals surface area contributed by atoms with Gasteiger partial charge in [0.15, 0.2) is 0 Å². The van der Waals surface area contributed by atoms with Gasteiger partial charge in [-0.25, -0.2) is 0 Å². The van der Waals surface area contributed by atoms with Gasteiger partial charge in [-0.15, -0.1) is 0 Å². The summed E-state index contributed by atoms with van der Waals surface area (Å²) in [5.41, 5.74) is 1.78. The number of benzene rings is 1. The van der Waals surface area contributed by atoms with Crippen LogP contribution >= 0.6 is 11.6 Å². The Morgan fingerprint density at radius 3 is 2.59 bits per heavy atom. The summed E-state index contributed by atoms with van der Waals surface area (Å²) < 4.78 is 5.25. The molecular weight excluding hydrogens is 300 g/mol. The number of carbonyl (C=O) groups is 1. The SMILES string of the molecule is CN(CC1(C)COC1)C(=O)c1ccc(N2CCCC2)c(Cl)c1. The number of hydrogen-bond acceptors (Lipinski definition) is 3. The summed E-state index contributed by atoms with van der Waals surface area (Å²) in [6.45, 7) is 6.39. The average Bonchev–Trinajstić information content (AvgIpc) is 2.98. The molecule has 0 N–H and O–H groups in total. The lowest BCUT2D eigenvalue weighted by molar-refractivity contribution is -0.109. The first-order chi connectivity index (χ1) is 10.5. The molecule has 0 bridgehead atoms. The maximum atomic E-state index is 12.6. The molecule has 5 heteroatoms. The molecule has 0 spiro atoms. The Kier molecular flexibility index (Phi) is 4.33. The van der Waals surface area contributed by atoms with Gasteiger partial charge in [-0.05, 0) is 31.0 Å². The highest BCUT2D eigenvalue weighted by molar-refractivity contribution is 6.33. The van der Waals surface area contributed by atoms with Gasteiger partial charge in [0.2, 0.25) is 0 Å². The van der Waals surface area contributed by atoms with Gasteiger partial charge in [0.05, 0.1) is 23.9 Å². The van der Waals surface area contributed by atoms with E-state index in [1.807, 2.05) is 19.2 Å². The van der Waals surface area contributed by atoms with Crippen molar-refractivity contribution in [3.63, 3.8) is 0 Å². The van der Waals surface area contributed by atoms with Gasteiger partial charge in [-0.1, -0.05) is 18.5 Å². The zero-order valence-corrected chi connectivity index (χ0v) is 14.0. The predicted molar refractivity (Wildman–Crippen MR) is 88.8 cm³/mol. The fourth-order valence-electron chi connectivity index (χ4n) is 3.26. The minimum atomic E-state index is 0.0167. The van der Waals surface area contributed by atoms with Gasteiger partial charge >= 0.3 is 0 Å². The lowest BCUT2D eigenvalue weighted by Gasteiger charge is -2.40. The van der Waals surface area contributed by atoms with E-state index < -0.39 is 0 Å². The number of carbonyl (C=O) groups excluding carboxylic acids is 1. The lowest BCUT2D eigenvalue weighted by atomic mass is 9.88. The fourth-order valence-corrected chi connectivity index (χ4v) is 3.56. The molecular formula is C17H23ClN2O2. The Balaban J connectivity index is 1.71. The van der Waals surface area contributed by atoms with Crippen molar-refractivity contribution in [1.82, 2.24) is 4.90 Å². The van der Waals surface area contributed by atoms with Crippen molar-refractivity contribution in [2.75, 3.05) is 44.8 Å². The van der Waals surface area contributed by atoms with Crippen LogP contribution in [0.1, 0.15) is 30.1 Å². The second-order valence-electron chi connectivity index (χ2n) is 6.83. The van der Waals surface area contributed by atoms with Crippen LogP contribution in [0.3, 0.4) is 0 Å². The van der Waals surface area contributed by atoms with Crippen LogP contribution in [-0.4, -0.2) is 50.7 Å². The first-order valence-corrected chi connectivity index (χ1v) is 8.24. The molecule has 1 aromatic carbocycles. The highest BCUT2D eigenvalue weighted by atomic mass is 35.5.